The number of aliphatic hydroxyl groups is 3. The third kappa shape index (κ3) is 5.68. The molecule has 0 aliphatic carbocycles. The lowest BCUT2D eigenvalue weighted by Gasteiger charge is -2.38. The van der Waals surface area contributed by atoms with Crippen molar-refractivity contribution in [3.63, 3.8) is 0 Å². The Hall–Kier alpha value is -3.97. The summed E-state index contributed by atoms with van der Waals surface area (Å²) >= 11 is 0. The number of carboxylic acids is 1. The SMILES string of the molecule is O=C(/C=C/c1ccc(O)cc1)Nc1ccc(O)cc1C(=O)OC1OC(C(=O)O)C(O)C(O)C1O. The predicted octanol–water partition coefficient (Wildman–Crippen LogP) is -0.201. The number of anilines is 1. The van der Waals surface area contributed by atoms with Gasteiger partial charge in [0.1, 0.15) is 29.8 Å². The van der Waals surface area contributed by atoms with Gasteiger partial charge >= 0.3 is 11.9 Å². The van der Waals surface area contributed by atoms with Crippen molar-refractivity contribution in [3.05, 3.63) is 59.7 Å². The zero-order valence-electron chi connectivity index (χ0n) is 17.3. The van der Waals surface area contributed by atoms with E-state index in [-0.39, 0.29) is 22.7 Å². The summed E-state index contributed by atoms with van der Waals surface area (Å²) < 4.78 is 9.86. The van der Waals surface area contributed by atoms with Crippen molar-refractivity contribution in [3.8, 4) is 11.5 Å². The fourth-order valence-electron chi connectivity index (χ4n) is 3.06. The Morgan fingerprint density at radius 2 is 1.56 bits per heavy atom. The van der Waals surface area contributed by atoms with Gasteiger partial charge in [-0.3, -0.25) is 4.79 Å². The Bertz CT molecular complexity index is 1100. The summed E-state index contributed by atoms with van der Waals surface area (Å²) in [6.07, 6.45) is -7.29. The molecule has 0 bridgehead atoms. The molecule has 5 unspecified atom stereocenters. The average Bonchev–Trinajstić information content (AvgIpc) is 2.79. The van der Waals surface area contributed by atoms with E-state index in [1.165, 1.54) is 30.3 Å². The second-order valence-corrected chi connectivity index (χ2v) is 7.28. The maximum atomic E-state index is 12.7. The summed E-state index contributed by atoms with van der Waals surface area (Å²) in [5.41, 5.74) is 0.147. The van der Waals surface area contributed by atoms with E-state index < -0.39 is 48.6 Å². The van der Waals surface area contributed by atoms with Crippen molar-refractivity contribution in [2.24, 2.45) is 0 Å². The Balaban J connectivity index is 1.76. The van der Waals surface area contributed by atoms with Crippen LogP contribution in [0.3, 0.4) is 0 Å². The number of nitrogens with one attached hydrogen (secondary N) is 1. The molecule has 0 saturated carbocycles. The fraction of sp³-hybridized carbons (Fsp3) is 0.227. The molecule has 12 nitrogen and oxygen atoms in total. The normalized spacial score (nSPS) is 24.5. The van der Waals surface area contributed by atoms with Crippen molar-refractivity contribution in [2.45, 2.75) is 30.7 Å². The summed E-state index contributed by atoms with van der Waals surface area (Å²) in [7, 11) is 0. The van der Waals surface area contributed by atoms with E-state index in [1.54, 1.807) is 12.1 Å². The van der Waals surface area contributed by atoms with Crippen LogP contribution in [0.2, 0.25) is 0 Å². The number of rotatable bonds is 6. The van der Waals surface area contributed by atoms with Gasteiger partial charge in [0.2, 0.25) is 12.2 Å². The van der Waals surface area contributed by atoms with Gasteiger partial charge in [-0.25, -0.2) is 9.59 Å². The number of carbonyl (C=O) groups excluding carboxylic acids is 2. The van der Waals surface area contributed by atoms with Crippen LogP contribution in [-0.4, -0.2) is 79.2 Å². The van der Waals surface area contributed by atoms with Crippen LogP contribution in [0.15, 0.2) is 48.5 Å². The first kappa shape index (κ1) is 24.7. The number of aliphatic hydroxyl groups excluding tert-OH is 3. The lowest BCUT2D eigenvalue weighted by Crippen LogP contribution is -2.60. The van der Waals surface area contributed by atoms with Crippen molar-refractivity contribution >= 4 is 29.6 Å². The molecule has 5 atom stereocenters. The van der Waals surface area contributed by atoms with Crippen LogP contribution in [0.25, 0.3) is 6.08 Å². The largest absolute Gasteiger partial charge is 0.508 e. The predicted molar refractivity (Wildman–Crippen MR) is 114 cm³/mol. The van der Waals surface area contributed by atoms with E-state index in [0.717, 1.165) is 12.1 Å². The van der Waals surface area contributed by atoms with Gasteiger partial charge in [-0.15, -0.1) is 0 Å². The number of benzene rings is 2. The number of carbonyl (C=O) groups is 3. The lowest BCUT2D eigenvalue weighted by atomic mass is 9.99. The number of ether oxygens (including phenoxy) is 2. The van der Waals surface area contributed by atoms with Crippen LogP contribution in [0.1, 0.15) is 15.9 Å². The van der Waals surface area contributed by atoms with Crippen molar-refractivity contribution < 1.29 is 54.5 Å². The Labute approximate surface area is 191 Å². The molecule has 1 fully saturated rings. The van der Waals surface area contributed by atoms with Crippen LogP contribution in [0, 0.1) is 0 Å². The number of phenols is 2. The number of esters is 1. The minimum atomic E-state index is -1.99. The molecule has 180 valence electrons. The lowest BCUT2D eigenvalue weighted by molar-refractivity contribution is -0.278. The second kappa shape index (κ2) is 10.3. The van der Waals surface area contributed by atoms with Crippen molar-refractivity contribution in [1.82, 2.24) is 0 Å². The fourth-order valence-corrected chi connectivity index (χ4v) is 3.06. The molecule has 0 aromatic heterocycles. The molecule has 2 aromatic rings. The van der Waals surface area contributed by atoms with E-state index >= 15 is 0 Å². The zero-order valence-corrected chi connectivity index (χ0v) is 17.3. The molecule has 3 rings (SSSR count). The minimum absolute atomic E-state index is 0.0533. The third-order valence-corrected chi connectivity index (χ3v) is 4.84. The summed E-state index contributed by atoms with van der Waals surface area (Å²) in [6, 6.07) is 9.33. The standard InChI is InChI=1S/C22H21NO11/c24-11-4-1-10(2-5-11)3-8-15(26)23-14-7-6-12(25)9-13(14)21(32)34-22-18(29)16(27)17(28)19(33-22)20(30)31/h1-9,16-19,22,24-25,27-29H,(H,23,26)(H,30,31)/b8-3+. The smallest absolute Gasteiger partial charge is 0.342 e. The number of phenolic OH excluding ortho intramolecular Hbond substituents is 2. The summed E-state index contributed by atoms with van der Waals surface area (Å²) in [5.74, 6) is -3.87. The van der Waals surface area contributed by atoms with Crippen LogP contribution in [-0.2, 0) is 19.1 Å². The number of aromatic hydroxyl groups is 2. The van der Waals surface area contributed by atoms with Crippen LogP contribution < -0.4 is 5.32 Å². The van der Waals surface area contributed by atoms with E-state index in [4.69, 9.17) is 14.6 Å². The minimum Gasteiger partial charge on any atom is -0.508 e. The monoisotopic (exact) mass is 475 g/mol. The van der Waals surface area contributed by atoms with Crippen molar-refractivity contribution in [1.29, 1.82) is 0 Å². The summed E-state index contributed by atoms with van der Waals surface area (Å²) in [4.78, 5) is 36.2. The first-order valence-corrected chi connectivity index (χ1v) is 9.81. The van der Waals surface area contributed by atoms with Crippen LogP contribution in [0.4, 0.5) is 5.69 Å². The van der Waals surface area contributed by atoms with E-state index in [0.29, 0.717) is 5.56 Å². The van der Waals surface area contributed by atoms with Gasteiger partial charge in [-0.2, -0.15) is 0 Å². The molecule has 2 aromatic carbocycles. The van der Waals surface area contributed by atoms with Gasteiger partial charge in [0, 0.05) is 6.08 Å². The van der Waals surface area contributed by atoms with E-state index in [9.17, 15) is 39.9 Å². The summed E-state index contributed by atoms with van der Waals surface area (Å²) in [6.45, 7) is 0. The maximum absolute atomic E-state index is 12.7. The highest BCUT2D eigenvalue weighted by Gasteiger charge is 2.48. The highest BCUT2D eigenvalue weighted by molar-refractivity contribution is 6.06. The average molecular weight is 475 g/mol. The van der Waals surface area contributed by atoms with Gasteiger partial charge in [0.15, 0.2) is 6.10 Å². The number of hydrogen-bond acceptors (Lipinski definition) is 10. The van der Waals surface area contributed by atoms with Gasteiger partial charge in [0.05, 0.1) is 11.3 Å². The van der Waals surface area contributed by atoms with Gasteiger partial charge < -0.3 is 45.4 Å². The number of amides is 1. The zero-order chi connectivity index (χ0) is 25.0. The Morgan fingerprint density at radius 3 is 2.21 bits per heavy atom. The van der Waals surface area contributed by atoms with Gasteiger partial charge in [-0.05, 0) is 42.0 Å². The maximum Gasteiger partial charge on any atom is 0.342 e. The van der Waals surface area contributed by atoms with Crippen LogP contribution >= 0.6 is 0 Å². The molecule has 0 spiro atoms. The molecular weight excluding hydrogens is 454 g/mol. The number of aliphatic carboxylic acids is 1. The molecule has 0 radical (unpaired) electrons. The molecular formula is C22H21NO11. The Morgan fingerprint density at radius 1 is 0.912 bits per heavy atom. The second-order valence-electron chi connectivity index (χ2n) is 7.28. The molecule has 1 heterocycles. The van der Waals surface area contributed by atoms with E-state index in [2.05, 4.69) is 5.32 Å². The number of carboxylic acid groups (broad SMARTS) is 1. The van der Waals surface area contributed by atoms with Gasteiger partial charge in [0.25, 0.3) is 0 Å². The summed E-state index contributed by atoms with van der Waals surface area (Å²) in [5, 5.41) is 60.1. The molecule has 12 heteroatoms. The van der Waals surface area contributed by atoms with Crippen molar-refractivity contribution in [2.75, 3.05) is 5.32 Å². The first-order valence-electron chi connectivity index (χ1n) is 9.81. The quantitative estimate of drug-likeness (QED) is 0.166. The molecule has 7 N–H and O–H groups in total. The van der Waals surface area contributed by atoms with Gasteiger partial charge in [-0.1, -0.05) is 12.1 Å². The number of hydrogen-bond donors (Lipinski definition) is 7. The van der Waals surface area contributed by atoms with E-state index in [1.807, 2.05) is 0 Å². The first-order chi connectivity index (χ1) is 16.1. The Kier molecular flexibility index (Phi) is 7.48. The highest BCUT2D eigenvalue weighted by Crippen LogP contribution is 2.27. The molecule has 1 amide bonds. The molecule has 1 saturated heterocycles. The molecule has 1 aliphatic heterocycles. The molecule has 34 heavy (non-hydrogen) atoms. The highest BCUT2D eigenvalue weighted by atomic mass is 16.7. The third-order valence-electron chi connectivity index (χ3n) is 4.84. The topological polar surface area (TPSA) is 203 Å². The van der Waals surface area contributed by atoms with Crippen LogP contribution in [0.5, 0.6) is 11.5 Å². The molecule has 1 aliphatic rings.